The van der Waals surface area contributed by atoms with E-state index in [1.165, 1.54) is 29.9 Å². The normalized spacial score (nSPS) is 15.4. The molecule has 7 heteroatoms. The monoisotopic (exact) mass is 396 g/mol. The van der Waals surface area contributed by atoms with Gasteiger partial charge in [-0.1, -0.05) is 6.42 Å². The number of thiophene rings is 1. The third kappa shape index (κ3) is 4.65. The maximum absolute atomic E-state index is 14.3. The zero-order valence-corrected chi connectivity index (χ0v) is 15.9. The number of carboxylic acid groups (broad SMARTS) is 1. The molecule has 146 valence electrons. The zero-order chi connectivity index (χ0) is 19.4. The van der Waals surface area contributed by atoms with Gasteiger partial charge < -0.3 is 14.6 Å². The Morgan fingerprint density at radius 1 is 1.26 bits per heavy atom. The maximum atomic E-state index is 14.3. The van der Waals surface area contributed by atoms with Crippen LogP contribution in [0.3, 0.4) is 0 Å². The number of carbonyl (C=O) groups is 1. The standard InChI is InChI=1S/C20H22F2O4S/c1-25-19(12-4-2-5-12)17-10-14(11-27-17)13-8-15(21)20(16(22)9-13)26-7-3-6-18(23)24/h8-12,19H,2-7H2,1H3,(H,23,24). The van der Waals surface area contributed by atoms with Crippen molar-refractivity contribution in [1.29, 1.82) is 0 Å². The fraction of sp³-hybridized carbons (Fsp3) is 0.450. The minimum absolute atomic E-state index is 0.0315. The Morgan fingerprint density at radius 3 is 2.52 bits per heavy atom. The average Bonchev–Trinajstić information content (AvgIpc) is 3.05. The van der Waals surface area contributed by atoms with Crippen LogP contribution in [0, 0.1) is 17.6 Å². The van der Waals surface area contributed by atoms with Crippen molar-refractivity contribution >= 4 is 17.3 Å². The SMILES string of the molecule is COC(c1cc(-c2cc(F)c(OCCCC(=O)O)c(F)c2)cs1)C1CCC1. The predicted molar refractivity (Wildman–Crippen MR) is 99.1 cm³/mol. The molecule has 0 aliphatic heterocycles. The fourth-order valence-corrected chi connectivity index (χ4v) is 4.28. The molecule has 0 bridgehead atoms. The zero-order valence-electron chi connectivity index (χ0n) is 15.0. The van der Waals surface area contributed by atoms with Gasteiger partial charge in [-0.15, -0.1) is 11.3 Å². The van der Waals surface area contributed by atoms with Crippen molar-refractivity contribution in [2.24, 2.45) is 5.92 Å². The molecule has 1 N–H and O–H groups in total. The van der Waals surface area contributed by atoms with E-state index in [2.05, 4.69) is 0 Å². The summed E-state index contributed by atoms with van der Waals surface area (Å²) in [7, 11) is 1.69. The Balaban J connectivity index is 1.73. The Bertz CT molecular complexity index is 778. The summed E-state index contributed by atoms with van der Waals surface area (Å²) in [5.41, 5.74) is 1.18. The molecule has 1 aliphatic carbocycles. The van der Waals surface area contributed by atoms with Gasteiger partial charge in [0.1, 0.15) is 0 Å². The number of hydrogen-bond donors (Lipinski definition) is 1. The molecule has 1 aliphatic rings. The van der Waals surface area contributed by atoms with Gasteiger partial charge in [0.25, 0.3) is 0 Å². The first-order chi connectivity index (χ1) is 13.0. The molecule has 2 aromatic rings. The first-order valence-corrected chi connectivity index (χ1v) is 9.82. The van der Waals surface area contributed by atoms with Crippen LogP contribution in [-0.2, 0) is 9.53 Å². The van der Waals surface area contributed by atoms with Crippen molar-refractivity contribution in [3.8, 4) is 16.9 Å². The number of rotatable bonds is 9. The number of ether oxygens (including phenoxy) is 2. The summed E-state index contributed by atoms with van der Waals surface area (Å²) in [4.78, 5) is 11.5. The summed E-state index contributed by atoms with van der Waals surface area (Å²) in [5.74, 6) is -2.52. The lowest BCUT2D eigenvalue weighted by Gasteiger charge is -2.32. The van der Waals surface area contributed by atoms with Crippen LogP contribution in [0.25, 0.3) is 11.1 Å². The van der Waals surface area contributed by atoms with Crippen LogP contribution in [0.15, 0.2) is 23.6 Å². The van der Waals surface area contributed by atoms with E-state index in [9.17, 15) is 13.6 Å². The number of hydrogen-bond acceptors (Lipinski definition) is 4. The summed E-state index contributed by atoms with van der Waals surface area (Å²) in [6.45, 7) is -0.0566. The van der Waals surface area contributed by atoms with Crippen LogP contribution in [0.1, 0.15) is 43.1 Å². The lowest BCUT2D eigenvalue weighted by Crippen LogP contribution is -2.20. The molecule has 1 atom stereocenters. The average molecular weight is 396 g/mol. The second kappa shape index (κ2) is 8.80. The summed E-state index contributed by atoms with van der Waals surface area (Å²) in [5, 5.41) is 10.5. The number of methoxy groups -OCH3 is 1. The van der Waals surface area contributed by atoms with Gasteiger partial charge in [0, 0.05) is 18.4 Å². The van der Waals surface area contributed by atoms with Gasteiger partial charge in [-0.3, -0.25) is 4.79 Å². The molecule has 0 radical (unpaired) electrons. The molecule has 1 aromatic carbocycles. The van der Waals surface area contributed by atoms with E-state index in [1.807, 2.05) is 11.4 Å². The molecule has 1 unspecified atom stereocenters. The number of halogens is 2. The fourth-order valence-electron chi connectivity index (χ4n) is 3.20. The summed E-state index contributed by atoms with van der Waals surface area (Å²) >= 11 is 1.53. The smallest absolute Gasteiger partial charge is 0.303 e. The van der Waals surface area contributed by atoms with Gasteiger partial charge in [0.15, 0.2) is 17.4 Å². The Labute approximate surface area is 160 Å². The molecule has 0 spiro atoms. The number of benzene rings is 1. The van der Waals surface area contributed by atoms with E-state index in [0.717, 1.165) is 23.3 Å². The van der Waals surface area contributed by atoms with Crippen LogP contribution in [0.5, 0.6) is 5.75 Å². The van der Waals surface area contributed by atoms with Crippen molar-refractivity contribution in [2.75, 3.05) is 13.7 Å². The molecular weight excluding hydrogens is 374 g/mol. The highest BCUT2D eigenvalue weighted by Crippen LogP contribution is 2.43. The molecule has 1 heterocycles. The van der Waals surface area contributed by atoms with Crippen LogP contribution < -0.4 is 4.74 Å². The predicted octanol–water partition coefficient (Wildman–Crippen LogP) is 5.42. The number of aliphatic carboxylic acids is 1. The van der Waals surface area contributed by atoms with Gasteiger partial charge in [-0.05, 0) is 59.9 Å². The quantitative estimate of drug-likeness (QED) is 0.575. The van der Waals surface area contributed by atoms with E-state index < -0.39 is 23.4 Å². The van der Waals surface area contributed by atoms with E-state index in [-0.39, 0.29) is 25.6 Å². The second-order valence-corrected chi connectivity index (χ2v) is 7.64. The third-order valence-electron chi connectivity index (χ3n) is 4.85. The molecule has 1 saturated carbocycles. The van der Waals surface area contributed by atoms with Crippen LogP contribution >= 0.6 is 11.3 Å². The van der Waals surface area contributed by atoms with Crippen LogP contribution in [0.4, 0.5) is 8.78 Å². The molecule has 1 aromatic heterocycles. The Kier molecular flexibility index (Phi) is 6.44. The molecule has 3 rings (SSSR count). The van der Waals surface area contributed by atoms with E-state index in [4.69, 9.17) is 14.6 Å². The molecule has 0 amide bonds. The Morgan fingerprint density at radius 2 is 1.96 bits per heavy atom. The van der Waals surface area contributed by atoms with Gasteiger partial charge in [-0.25, -0.2) is 8.78 Å². The lowest BCUT2D eigenvalue weighted by molar-refractivity contribution is -0.137. The van der Waals surface area contributed by atoms with Crippen LogP contribution in [-0.4, -0.2) is 24.8 Å². The Hall–Kier alpha value is -1.99. The lowest BCUT2D eigenvalue weighted by atomic mass is 9.80. The number of carboxylic acids is 1. The molecule has 0 saturated heterocycles. The van der Waals surface area contributed by atoms with E-state index in [1.54, 1.807) is 7.11 Å². The van der Waals surface area contributed by atoms with Crippen LogP contribution in [0.2, 0.25) is 0 Å². The first-order valence-electron chi connectivity index (χ1n) is 8.95. The highest BCUT2D eigenvalue weighted by atomic mass is 32.1. The van der Waals surface area contributed by atoms with Gasteiger partial charge in [0.2, 0.25) is 0 Å². The van der Waals surface area contributed by atoms with Gasteiger partial charge in [0.05, 0.1) is 12.7 Å². The summed E-state index contributed by atoms with van der Waals surface area (Å²) in [6.07, 6.45) is 3.60. The third-order valence-corrected chi connectivity index (χ3v) is 5.84. The molecular formula is C20H22F2O4S. The topological polar surface area (TPSA) is 55.8 Å². The minimum atomic E-state index is -0.973. The van der Waals surface area contributed by atoms with Crippen molar-refractivity contribution in [2.45, 2.75) is 38.2 Å². The largest absolute Gasteiger partial charge is 0.488 e. The van der Waals surface area contributed by atoms with Crippen molar-refractivity contribution in [3.05, 3.63) is 40.1 Å². The molecule has 1 fully saturated rings. The molecule has 4 nitrogen and oxygen atoms in total. The highest BCUT2D eigenvalue weighted by molar-refractivity contribution is 7.10. The summed E-state index contributed by atoms with van der Waals surface area (Å²) < 4.78 is 39.3. The van der Waals surface area contributed by atoms with Crippen molar-refractivity contribution in [3.63, 3.8) is 0 Å². The maximum Gasteiger partial charge on any atom is 0.303 e. The van der Waals surface area contributed by atoms with Gasteiger partial charge >= 0.3 is 5.97 Å². The van der Waals surface area contributed by atoms with Gasteiger partial charge in [-0.2, -0.15) is 0 Å². The molecule has 27 heavy (non-hydrogen) atoms. The second-order valence-electron chi connectivity index (χ2n) is 6.70. The van der Waals surface area contributed by atoms with E-state index in [0.29, 0.717) is 11.5 Å². The first kappa shape index (κ1) is 19.8. The highest BCUT2D eigenvalue weighted by Gasteiger charge is 2.29. The minimum Gasteiger partial charge on any atom is -0.488 e. The van der Waals surface area contributed by atoms with Crippen molar-refractivity contribution in [1.82, 2.24) is 0 Å². The summed E-state index contributed by atoms with van der Waals surface area (Å²) in [6, 6.07) is 4.41. The van der Waals surface area contributed by atoms with E-state index >= 15 is 0 Å². The van der Waals surface area contributed by atoms with Crippen molar-refractivity contribution < 1.29 is 28.2 Å².